The highest BCUT2D eigenvalue weighted by atomic mass is 16.3. The van der Waals surface area contributed by atoms with Crippen LogP contribution in [-0.4, -0.2) is 21.3 Å². The Labute approximate surface area is 101 Å². The number of furan rings is 1. The molecule has 0 bridgehead atoms. The van der Waals surface area contributed by atoms with Gasteiger partial charge in [0, 0.05) is 0 Å². The van der Waals surface area contributed by atoms with Gasteiger partial charge in [0.05, 0.1) is 6.54 Å². The molecule has 17 heavy (non-hydrogen) atoms. The summed E-state index contributed by atoms with van der Waals surface area (Å²) in [4.78, 5) is 3.91. The molecule has 5 nitrogen and oxygen atoms in total. The van der Waals surface area contributed by atoms with Crippen LogP contribution >= 0.6 is 0 Å². The summed E-state index contributed by atoms with van der Waals surface area (Å²) in [6, 6.07) is 2.06. The Bertz CT molecular complexity index is 447. The van der Waals surface area contributed by atoms with Gasteiger partial charge in [-0.2, -0.15) is 5.10 Å². The normalized spacial score (nSPS) is 10.9. The third-order valence-corrected chi connectivity index (χ3v) is 2.57. The highest BCUT2D eigenvalue weighted by Crippen LogP contribution is 2.15. The number of hydrogen-bond donors (Lipinski definition) is 1. The lowest BCUT2D eigenvalue weighted by Gasteiger charge is -2.01. The van der Waals surface area contributed by atoms with Crippen molar-refractivity contribution in [3.05, 3.63) is 35.8 Å². The number of nitrogens with zero attached hydrogens (tertiary/aromatic N) is 3. The van der Waals surface area contributed by atoms with Gasteiger partial charge in [-0.3, -0.25) is 0 Å². The van der Waals surface area contributed by atoms with E-state index in [1.54, 1.807) is 11.0 Å². The fourth-order valence-electron chi connectivity index (χ4n) is 1.70. The molecule has 2 aromatic heterocycles. The van der Waals surface area contributed by atoms with Gasteiger partial charge in [0.2, 0.25) is 0 Å². The molecule has 0 amide bonds. The van der Waals surface area contributed by atoms with E-state index in [9.17, 15) is 0 Å². The number of rotatable bonds is 6. The average molecular weight is 234 g/mol. The van der Waals surface area contributed by atoms with Gasteiger partial charge in [-0.15, -0.1) is 0 Å². The van der Waals surface area contributed by atoms with Gasteiger partial charge in [-0.25, -0.2) is 9.67 Å². The number of aryl methyl sites for hydroxylation is 1. The molecular weight excluding hydrogens is 216 g/mol. The highest BCUT2D eigenvalue weighted by molar-refractivity contribution is 5.20. The van der Waals surface area contributed by atoms with E-state index in [-0.39, 0.29) is 0 Å². The second-order valence-corrected chi connectivity index (χ2v) is 4.09. The topological polar surface area (TPSA) is 55.9 Å². The first kappa shape index (κ1) is 11.9. The molecule has 0 aliphatic carbocycles. The maximum atomic E-state index is 5.78. The molecule has 2 heterocycles. The predicted molar refractivity (Wildman–Crippen MR) is 64.6 cm³/mol. The van der Waals surface area contributed by atoms with Crippen LogP contribution in [0.1, 0.15) is 30.4 Å². The van der Waals surface area contributed by atoms with E-state index in [1.165, 1.54) is 11.9 Å². The van der Waals surface area contributed by atoms with Crippen molar-refractivity contribution < 1.29 is 4.42 Å². The molecule has 0 saturated heterocycles. The van der Waals surface area contributed by atoms with Crippen LogP contribution < -0.4 is 5.32 Å². The fourth-order valence-corrected chi connectivity index (χ4v) is 1.70. The Morgan fingerprint density at radius 3 is 3.06 bits per heavy atom. The molecule has 0 unspecified atom stereocenters. The molecular formula is C12H18N4O. The summed E-state index contributed by atoms with van der Waals surface area (Å²) >= 11 is 0. The van der Waals surface area contributed by atoms with Crippen LogP contribution in [0.25, 0.3) is 0 Å². The lowest BCUT2D eigenvalue weighted by molar-refractivity contribution is 0.428. The standard InChI is InChI=1S/C12H18N4O/c1-3-4-13-6-12-10(2)5-11(17-12)7-16-9-14-8-15-16/h5,8-9,13H,3-4,6-7H2,1-2H3. The van der Waals surface area contributed by atoms with E-state index in [1.807, 2.05) is 0 Å². The van der Waals surface area contributed by atoms with Crippen molar-refractivity contribution in [2.75, 3.05) is 6.54 Å². The van der Waals surface area contributed by atoms with E-state index in [2.05, 4.69) is 35.3 Å². The number of nitrogens with one attached hydrogen (secondary N) is 1. The van der Waals surface area contributed by atoms with Crippen molar-refractivity contribution in [2.24, 2.45) is 0 Å². The van der Waals surface area contributed by atoms with Gasteiger partial charge in [0.25, 0.3) is 0 Å². The molecule has 0 aromatic carbocycles. The Hall–Kier alpha value is -1.62. The average Bonchev–Trinajstić information content (AvgIpc) is 2.91. The van der Waals surface area contributed by atoms with E-state index in [0.29, 0.717) is 6.54 Å². The van der Waals surface area contributed by atoms with Gasteiger partial charge < -0.3 is 9.73 Å². The summed E-state index contributed by atoms with van der Waals surface area (Å²) in [5.74, 6) is 1.93. The molecule has 0 radical (unpaired) electrons. The van der Waals surface area contributed by atoms with Crippen LogP contribution in [0.4, 0.5) is 0 Å². The van der Waals surface area contributed by atoms with Crippen LogP contribution in [-0.2, 0) is 13.1 Å². The van der Waals surface area contributed by atoms with Crippen molar-refractivity contribution >= 4 is 0 Å². The van der Waals surface area contributed by atoms with Gasteiger partial charge in [0.1, 0.15) is 30.7 Å². The maximum Gasteiger partial charge on any atom is 0.137 e. The van der Waals surface area contributed by atoms with Gasteiger partial charge in [-0.05, 0) is 31.5 Å². The minimum atomic E-state index is 0.634. The van der Waals surface area contributed by atoms with E-state index < -0.39 is 0 Å². The maximum absolute atomic E-state index is 5.78. The molecule has 2 rings (SSSR count). The summed E-state index contributed by atoms with van der Waals surface area (Å²) in [6.45, 7) is 6.65. The van der Waals surface area contributed by atoms with Crippen molar-refractivity contribution in [2.45, 2.75) is 33.4 Å². The molecule has 0 spiro atoms. The molecule has 0 atom stereocenters. The van der Waals surface area contributed by atoms with Crippen molar-refractivity contribution in [1.82, 2.24) is 20.1 Å². The quantitative estimate of drug-likeness (QED) is 0.773. The predicted octanol–water partition coefficient (Wildman–Crippen LogP) is 1.73. The largest absolute Gasteiger partial charge is 0.462 e. The van der Waals surface area contributed by atoms with Crippen LogP contribution in [0.5, 0.6) is 0 Å². The summed E-state index contributed by atoms with van der Waals surface area (Å²) in [7, 11) is 0. The molecule has 5 heteroatoms. The Balaban J connectivity index is 1.98. The van der Waals surface area contributed by atoms with E-state index in [0.717, 1.165) is 31.0 Å². The van der Waals surface area contributed by atoms with Crippen molar-refractivity contribution in [3.63, 3.8) is 0 Å². The van der Waals surface area contributed by atoms with Crippen LogP contribution in [0.2, 0.25) is 0 Å². The van der Waals surface area contributed by atoms with Gasteiger partial charge in [0.15, 0.2) is 0 Å². The number of aromatic nitrogens is 3. The molecule has 2 aromatic rings. The molecule has 0 aliphatic heterocycles. The van der Waals surface area contributed by atoms with Crippen LogP contribution in [0, 0.1) is 6.92 Å². The van der Waals surface area contributed by atoms with E-state index in [4.69, 9.17) is 4.42 Å². The third kappa shape index (κ3) is 3.17. The van der Waals surface area contributed by atoms with Gasteiger partial charge in [-0.1, -0.05) is 6.92 Å². The lowest BCUT2D eigenvalue weighted by atomic mass is 10.2. The zero-order valence-electron chi connectivity index (χ0n) is 10.3. The Kier molecular flexibility index (Phi) is 3.93. The number of hydrogen-bond acceptors (Lipinski definition) is 4. The summed E-state index contributed by atoms with van der Waals surface area (Å²) < 4.78 is 7.53. The molecule has 1 N–H and O–H groups in total. The molecule has 92 valence electrons. The zero-order chi connectivity index (χ0) is 12.1. The van der Waals surface area contributed by atoms with E-state index >= 15 is 0 Å². The van der Waals surface area contributed by atoms with Gasteiger partial charge >= 0.3 is 0 Å². The lowest BCUT2D eigenvalue weighted by Crippen LogP contribution is -2.13. The molecule has 0 saturated carbocycles. The monoisotopic (exact) mass is 234 g/mol. The van der Waals surface area contributed by atoms with Crippen LogP contribution in [0.15, 0.2) is 23.1 Å². The first-order chi connectivity index (χ1) is 8.29. The Morgan fingerprint density at radius 2 is 2.35 bits per heavy atom. The second kappa shape index (κ2) is 5.63. The third-order valence-electron chi connectivity index (χ3n) is 2.57. The molecule has 0 aliphatic rings. The fraction of sp³-hybridized carbons (Fsp3) is 0.500. The summed E-state index contributed by atoms with van der Waals surface area (Å²) in [6.07, 6.45) is 4.35. The SMILES string of the molecule is CCCNCc1oc(Cn2cncn2)cc1C. The van der Waals surface area contributed by atoms with Crippen molar-refractivity contribution in [1.29, 1.82) is 0 Å². The Morgan fingerprint density at radius 1 is 1.47 bits per heavy atom. The smallest absolute Gasteiger partial charge is 0.137 e. The minimum Gasteiger partial charge on any atom is -0.462 e. The molecule has 0 fully saturated rings. The summed E-state index contributed by atoms with van der Waals surface area (Å²) in [5.41, 5.74) is 1.18. The van der Waals surface area contributed by atoms with Crippen LogP contribution in [0.3, 0.4) is 0 Å². The summed E-state index contributed by atoms with van der Waals surface area (Å²) in [5, 5.41) is 7.39. The minimum absolute atomic E-state index is 0.634. The van der Waals surface area contributed by atoms with Crippen molar-refractivity contribution in [3.8, 4) is 0 Å². The first-order valence-electron chi connectivity index (χ1n) is 5.91. The second-order valence-electron chi connectivity index (χ2n) is 4.09. The highest BCUT2D eigenvalue weighted by Gasteiger charge is 2.07. The zero-order valence-corrected chi connectivity index (χ0v) is 10.3. The first-order valence-corrected chi connectivity index (χ1v) is 5.91.